The van der Waals surface area contributed by atoms with Crippen molar-refractivity contribution in [2.75, 3.05) is 6.54 Å². The number of nitrogens with zero attached hydrogens (tertiary/aromatic N) is 1. The first-order chi connectivity index (χ1) is 3.63. The predicted octanol–water partition coefficient (Wildman–Crippen LogP) is -0.869. The van der Waals surface area contributed by atoms with E-state index in [1.165, 1.54) is 0 Å². The maximum atomic E-state index is 9.54. The van der Waals surface area contributed by atoms with Crippen molar-refractivity contribution in [1.82, 2.24) is 0 Å². The zero-order chi connectivity index (χ0) is 6.57. The molecule has 0 saturated carbocycles. The molecule has 0 bridgehead atoms. The fourth-order valence-corrected chi connectivity index (χ4v) is 0.324. The topological polar surface area (TPSA) is 83.8 Å². The fraction of sp³-hybridized carbons (Fsp3) is 0.500. The molecule has 9 heavy (non-hydrogen) atoms. The molecule has 0 unspecified atom stereocenters. The molecule has 0 aromatic rings. The van der Waals surface area contributed by atoms with Gasteiger partial charge in [0.15, 0.2) is 6.54 Å². The molecular formula is C2H3MnNO4S. The monoisotopic (exact) mass is 192 g/mol. The summed E-state index contributed by atoms with van der Waals surface area (Å²) in [5, 5.41) is 7.80. The second-order valence-corrected chi connectivity index (χ2v) is 1.59. The zero-order valence-electron chi connectivity index (χ0n) is 4.11. The van der Waals surface area contributed by atoms with Gasteiger partial charge in [0, 0.05) is 17.1 Å². The van der Waals surface area contributed by atoms with Crippen LogP contribution < -0.4 is 0 Å². The second kappa shape index (κ2) is 5.74. The van der Waals surface area contributed by atoms with Crippen LogP contribution in [0.5, 0.6) is 0 Å². The zero-order valence-corrected chi connectivity index (χ0v) is 6.11. The predicted molar refractivity (Wildman–Crippen MR) is 23.9 cm³/mol. The Morgan fingerprint density at radius 3 is 2.11 bits per heavy atom. The number of hydrogen-bond acceptors (Lipinski definition) is 4. The van der Waals surface area contributed by atoms with E-state index in [1.807, 2.05) is 0 Å². The Hall–Kier alpha value is -0.391. The van der Waals surface area contributed by atoms with Crippen molar-refractivity contribution in [1.29, 1.82) is 0 Å². The molecule has 0 atom stereocenters. The number of carboxylic acids is 1. The van der Waals surface area contributed by atoms with E-state index in [-0.39, 0.29) is 17.1 Å². The molecule has 0 aromatic heterocycles. The molecule has 0 aliphatic carbocycles. The molecule has 1 N–H and O–H groups in total. The number of carboxylic acid groups (broad SMARTS) is 1. The van der Waals surface area contributed by atoms with Crippen molar-refractivity contribution in [3.05, 3.63) is 0 Å². The van der Waals surface area contributed by atoms with Crippen molar-refractivity contribution in [2.24, 2.45) is 4.36 Å². The van der Waals surface area contributed by atoms with E-state index in [0.29, 0.717) is 0 Å². The molecule has 0 rings (SSSR count). The van der Waals surface area contributed by atoms with Crippen LogP contribution >= 0.6 is 0 Å². The molecule has 0 aliphatic rings. The molecule has 0 aliphatic heterocycles. The normalized spacial score (nSPS) is 7.11. The van der Waals surface area contributed by atoms with Crippen LogP contribution in [0, 0.1) is 0 Å². The number of aliphatic carboxylic acids is 1. The third-order valence-corrected chi connectivity index (χ3v) is 0.645. The third-order valence-electron chi connectivity index (χ3n) is 0.305. The van der Waals surface area contributed by atoms with Crippen LogP contribution in [0.4, 0.5) is 0 Å². The average molecular weight is 192 g/mol. The van der Waals surface area contributed by atoms with Crippen molar-refractivity contribution < 1.29 is 35.4 Å². The summed E-state index contributed by atoms with van der Waals surface area (Å²) >= 11 is 0. The van der Waals surface area contributed by atoms with Gasteiger partial charge < -0.3 is 5.11 Å². The Morgan fingerprint density at radius 1 is 1.56 bits per heavy atom. The van der Waals surface area contributed by atoms with Crippen molar-refractivity contribution in [3.63, 3.8) is 0 Å². The van der Waals surface area contributed by atoms with E-state index >= 15 is 0 Å². The molecule has 0 aromatic carbocycles. The molecular weight excluding hydrogens is 189 g/mol. The quantitative estimate of drug-likeness (QED) is 0.576. The molecule has 0 amide bonds. The number of rotatable bonds is 2. The second-order valence-electron chi connectivity index (χ2n) is 0.898. The van der Waals surface area contributed by atoms with E-state index < -0.39 is 23.0 Å². The molecule has 0 fully saturated rings. The first-order valence-electron chi connectivity index (χ1n) is 1.61. The maximum Gasteiger partial charge on any atom is 0.326 e. The van der Waals surface area contributed by atoms with E-state index in [9.17, 15) is 13.2 Å². The number of hydrogen-bond donors (Lipinski definition) is 1. The standard InChI is InChI=1S/C2H3NO4S.Mn/c4-2(5)1-3-8(6)7;/h1H2,(H,4,5);. The van der Waals surface area contributed by atoms with Gasteiger partial charge >= 0.3 is 16.5 Å². The molecule has 0 saturated heterocycles. The Labute approximate surface area is 63.2 Å². The van der Waals surface area contributed by atoms with Gasteiger partial charge in [-0.1, -0.05) is 0 Å². The summed E-state index contributed by atoms with van der Waals surface area (Å²) in [6, 6.07) is 0. The molecule has 5 nitrogen and oxygen atoms in total. The summed E-state index contributed by atoms with van der Waals surface area (Å²) in [4.78, 5) is 9.54. The number of carbonyl (C=O) groups is 1. The van der Waals surface area contributed by atoms with E-state index in [0.717, 1.165) is 0 Å². The molecule has 0 heterocycles. The summed E-state index contributed by atoms with van der Waals surface area (Å²) in [6.07, 6.45) is 0. The van der Waals surface area contributed by atoms with Crippen molar-refractivity contribution in [3.8, 4) is 0 Å². The minimum Gasteiger partial charge on any atom is -0.480 e. The van der Waals surface area contributed by atoms with Crippen LogP contribution in [0.1, 0.15) is 0 Å². The third kappa shape index (κ3) is 11.3. The smallest absolute Gasteiger partial charge is 0.326 e. The Kier molecular flexibility index (Phi) is 7.28. The average Bonchev–Trinajstić information content (AvgIpc) is 1.61. The maximum absolute atomic E-state index is 9.54. The van der Waals surface area contributed by atoms with Crippen LogP contribution in [-0.4, -0.2) is 26.0 Å². The van der Waals surface area contributed by atoms with Crippen LogP contribution in [0.3, 0.4) is 0 Å². The summed E-state index contributed by atoms with van der Waals surface area (Å²) in [6.45, 7) is -0.684. The molecule has 0 spiro atoms. The molecule has 53 valence electrons. The van der Waals surface area contributed by atoms with Gasteiger partial charge in [-0.05, 0) is 0 Å². The van der Waals surface area contributed by atoms with E-state index in [1.54, 1.807) is 0 Å². The summed E-state index contributed by atoms with van der Waals surface area (Å²) in [5.74, 6) is -1.26. The Bertz CT molecular complexity index is 199. The van der Waals surface area contributed by atoms with Crippen LogP contribution in [0.15, 0.2) is 4.36 Å². The van der Waals surface area contributed by atoms with E-state index in [2.05, 4.69) is 4.36 Å². The fourth-order valence-electron chi connectivity index (χ4n) is 0.108. The van der Waals surface area contributed by atoms with Crippen LogP contribution in [0.2, 0.25) is 0 Å². The van der Waals surface area contributed by atoms with Crippen LogP contribution in [0.25, 0.3) is 0 Å². The minimum atomic E-state index is -2.59. The first kappa shape index (κ1) is 11.4. The van der Waals surface area contributed by atoms with Gasteiger partial charge in [0.05, 0.1) is 0 Å². The van der Waals surface area contributed by atoms with Gasteiger partial charge in [-0.2, -0.15) is 12.8 Å². The van der Waals surface area contributed by atoms with Gasteiger partial charge in [0.25, 0.3) is 0 Å². The van der Waals surface area contributed by atoms with Gasteiger partial charge in [0.2, 0.25) is 0 Å². The van der Waals surface area contributed by atoms with Gasteiger partial charge in [-0.3, -0.25) is 4.79 Å². The SMILES string of the molecule is O=C(O)CN=S(=O)=O.[Mn]. The molecule has 1 radical (unpaired) electrons. The van der Waals surface area contributed by atoms with Crippen molar-refractivity contribution in [2.45, 2.75) is 0 Å². The van der Waals surface area contributed by atoms with Gasteiger partial charge in [-0.25, -0.2) is 0 Å². The Balaban J connectivity index is 0. The summed E-state index contributed by atoms with van der Waals surface area (Å²) in [5.41, 5.74) is 0. The first-order valence-corrected chi connectivity index (χ1v) is 2.65. The summed E-state index contributed by atoms with van der Waals surface area (Å²) < 4.78 is 21.6. The Morgan fingerprint density at radius 2 is 2.00 bits per heavy atom. The van der Waals surface area contributed by atoms with E-state index in [4.69, 9.17) is 5.11 Å². The minimum absolute atomic E-state index is 0. The largest absolute Gasteiger partial charge is 0.480 e. The van der Waals surface area contributed by atoms with Crippen LogP contribution in [-0.2, 0) is 32.4 Å². The van der Waals surface area contributed by atoms with Gasteiger partial charge in [0.1, 0.15) is 0 Å². The van der Waals surface area contributed by atoms with Gasteiger partial charge in [-0.15, -0.1) is 0 Å². The molecule has 7 heteroatoms. The van der Waals surface area contributed by atoms with Crippen molar-refractivity contribution >= 4 is 16.5 Å². The summed E-state index contributed by atoms with van der Waals surface area (Å²) in [7, 11) is -2.59.